The molecular formula is C19H18Cl2N2O3. The normalized spacial score (nSPS) is 16.4. The minimum atomic E-state index is -0.567. The number of anilines is 1. The quantitative estimate of drug-likeness (QED) is 0.845. The summed E-state index contributed by atoms with van der Waals surface area (Å²) in [6.45, 7) is 0.492. The van der Waals surface area contributed by atoms with E-state index in [0.717, 1.165) is 6.42 Å². The topological polar surface area (TPSA) is 58.6 Å². The van der Waals surface area contributed by atoms with Crippen LogP contribution >= 0.6 is 23.2 Å². The zero-order valence-corrected chi connectivity index (χ0v) is 15.7. The van der Waals surface area contributed by atoms with Gasteiger partial charge in [-0.25, -0.2) is 0 Å². The lowest BCUT2D eigenvalue weighted by Gasteiger charge is -2.25. The number of nitrogens with one attached hydrogen (secondary N) is 1. The van der Waals surface area contributed by atoms with Gasteiger partial charge >= 0.3 is 0 Å². The number of hydrogen-bond donors (Lipinski definition) is 1. The molecule has 0 spiro atoms. The first-order chi connectivity index (χ1) is 12.5. The Morgan fingerprint density at radius 3 is 2.73 bits per heavy atom. The second kappa shape index (κ2) is 7.98. The summed E-state index contributed by atoms with van der Waals surface area (Å²) in [5, 5.41) is 3.59. The number of rotatable bonds is 4. The highest BCUT2D eigenvalue weighted by atomic mass is 35.5. The summed E-state index contributed by atoms with van der Waals surface area (Å²) in [6.07, 6.45) is 1.33. The number of carbonyl (C=O) groups excluding carboxylic acids is 2. The third-order valence-corrected chi connectivity index (χ3v) is 4.90. The van der Waals surface area contributed by atoms with Crippen LogP contribution < -0.4 is 10.1 Å². The number of ether oxygens (including phenoxy) is 1. The van der Waals surface area contributed by atoms with E-state index in [1.54, 1.807) is 35.2 Å². The van der Waals surface area contributed by atoms with Crippen molar-refractivity contribution in [2.45, 2.75) is 18.9 Å². The van der Waals surface area contributed by atoms with E-state index in [1.165, 1.54) is 13.2 Å². The van der Waals surface area contributed by atoms with Gasteiger partial charge in [0.05, 0.1) is 23.4 Å². The van der Waals surface area contributed by atoms with Crippen molar-refractivity contribution in [2.24, 2.45) is 0 Å². The standard InChI is InChI=1S/C19H18Cl2N2O3/c1-26-17-7-3-2-5-15(17)22-18(24)16-6-4-10-23(16)19(25)13-11-12(20)8-9-14(13)21/h2-3,5,7-9,11,16H,4,6,10H2,1H3,(H,22,24). The summed E-state index contributed by atoms with van der Waals surface area (Å²) >= 11 is 12.1. The highest BCUT2D eigenvalue weighted by Crippen LogP contribution is 2.28. The molecule has 1 aliphatic heterocycles. The monoisotopic (exact) mass is 392 g/mol. The SMILES string of the molecule is COc1ccccc1NC(=O)C1CCCN1C(=O)c1cc(Cl)ccc1Cl. The van der Waals surface area contributed by atoms with Gasteiger partial charge in [-0.05, 0) is 43.2 Å². The fraction of sp³-hybridized carbons (Fsp3) is 0.263. The van der Waals surface area contributed by atoms with E-state index in [0.29, 0.717) is 40.0 Å². The average molecular weight is 393 g/mol. The first-order valence-electron chi connectivity index (χ1n) is 8.21. The van der Waals surface area contributed by atoms with E-state index >= 15 is 0 Å². The number of nitrogens with zero attached hydrogens (tertiary/aromatic N) is 1. The van der Waals surface area contributed by atoms with Crippen LogP contribution in [-0.4, -0.2) is 36.4 Å². The van der Waals surface area contributed by atoms with E-state index in [2.05, 4.69) is 5.32 Å². The minimum absolute atomic E-state index is 0.251. The largest absolute Gasteiger partial charge is 0.495 e. The van der Waals surface area contributed by atoms with Gasteiger partial charge in [0.1, 0.15) is 11.8 Å². The maximum absolute atomic E-state index is 12.9. The molecule has 3 rings (SSSR count). The molecule has 1 heterocycles. The second-order valence-corrected chi connectivity index (χ2v) is 6.81. The van der Waals surface area contributed by atoms with Crippen LogP contribution in [0.3, 0.4) is 0 Å². The summed E-state index contributed by atoms with van der Waals surface area (Å²) in [5.74, 6) is 0.0169. The van der Waals surface area contributed by atoms with Crippen LogP contribution in [0, 0.1) is 0 Å². The predicted molar refractivity (Wildman–Crippen MR) is 102 cm³/mol. The highest BCUT2D eigenvalue weighted by Gasteiger charge is 2.35. The molecule has 5 nitrogen and oxygen atoms in total. The van der Waals surface area contributed by atoms with Crippen LogP contribution in [0.25, 0.3) is 0 Å². The smallest absolute Gasteiger partial charge is 0.256 e. The van der Waals surface area contributed by atoms with E-state index in [-0.39, 0.29) is 11.8 Å². The average Bonchev–Trinajstić information content (AvgIpc) is 3.13. The summed E-state index contributed by atoms with van der Waals surface area (Å²) in [7, 11) is 1.54. The molecule has 1 unspecified atom stereocenters. The molecule has 0 aromatic heterocycles. The molecule has 136 valence electrons. The molecule has 1 aliphatic rings. The third kappa shape index (κ3) is 3.79. The van der Waals surface area contributed by atoms with Gasteiger partial charge in [0, 0.05) is 11.6 Å². The molecule has 26 heavy (non-hydrogen) atoms. The molecule has 2 amide bonds. The molecule has 7 heteroatoms. The van der Waals surface area contributed by atoms with Gasteiger partial charge in [0.25, 0.3) is 5.91 Å². The fourth-order valence-electron chi connectivity index (χ4n) is 3.06. The van der Waals surface area contributed by atoms with Crippen molar-refractivity contribution in [1.82, 2.24) is 4.90 Å². The molecule has 1 fully saturated rings. The van der Waals surface area contributed by atoms with Gasteiger partial charge in [-0.3, -0.25) is 9.59 Å². The van der Waals surface area contributed by atoms with Crippen molar-refractivity contribution >= 4 is 40.7 Å². The fourth-order valence-corrected chi connectivity index (χ4v) is 3.43. The Bertz CT molecular complexity index is 841. The number of carbonyl (C=O) groups is 2. The lowest BCUT2D eigenvalue weighted by Crippen LogP contribution is -2.43. The number of benzene rings is 2. The number of para-hydroxylation sites is 2. The maximum atomic E-state index is 12.9. The Kier molecular flexibility index (Phi) is 5.69. The van der Waals surface area contributed by atoms with Crippen molar-refractivity contribution < 1.29 is 14.3 Å². The van der Waals surface area contributed by atoms with E-state index in [9.17, 15) is 9.59 Å². The number of hydrogen-bond acceptors (Lipinski definition) is 3. The van der Waals surface area contributed by atoms with Gasteiger partial charge in [-0.2, -0.15) is 0 Å². The highest BCUT2D eigenvalue weighted by molar-refractivity contribution is 6.35. The Balaban J connectivity index is 1.80. The molecule has 0 bridgehead atoms. The number of methoxy groups -OCH3 is 1. The predicted octanol–water partition coefficient (Wildman–Crippen LogP) is 4.25. The summed E-state index contributed by atoms with van der Waals surface area (Å²) in [4.78, 5) is 27.2. The van der Waals surface area contributed by atoms with Crippen molar-refractivity contribution in [1.29, 1.82) is 0 Å². The first kappa shape index (κ1) is 18.5. The zero-order valence-electron chi connectivity index (χ0n) is 14.2. The molecule has 2 aromatic carbocycles. The van der Waals surface area contributed by atoms with Gasteiger partial charge in [0.2, 0.25) is 5.91 Å². The van der Waals surface area contributed by atoms with Gasteiger partial charge < -0.3 is 15.0 Å². The summed E-state index contributed by atoms with van der Waals surface area (Å²) in [5.41, 5.74) is 0.872. The molecular weight excluding hydrogens is 375 g/mol. The van der Waals surface area contributed by atoms with Crippen LogP contribution in [0.2, 0.25) is 10.0 Å². The van der Waals surface area contributed by atoms with Crippen LogP contribution in [0.1, 0.15) is 23.2 Å². The Morgan fingerprint density at radius 1 is 1.19 bits per heavy atom. The van der Waals surface area contributed by atoms with Crippen molar-refractivity contribution in [3.8, 4) is 5.75 Å². The van der Waals surface area contributed by atoms with Gasteiger partial charge in [-0.1, -0.05) is 35.3 Å². The van der Waals surface area contributed by atoms with Crippen molar-refractivity contribution in [3.05, 3.63) is 58.1 Å². The Morgan fingerprint density at radius 2 is 1.96 bits per heavy atom. The van der Waals surface area contributed by atoms with E-state index in [1.807, 2.05) is 6.07 Å². The van der Waals surface area contributed by atoms with Crippen LogP contribution in [0.5, 0.6) is 5.75 Å². The van der Waals surface area contributed by atoms with Crippen LogP contribution in [0.15, 0.2) is 42.5 Å². The minimum Gasteiger partial charge on any atom is -0.495 e. The van der Waals surface area contributed by atoms with E-state index in [4.69, 9.17) is 27.9 Å². The van der Waals surface area contributed by atoms with Crippen molar-refractivity contribution in [2.75, 3.05) is 19.0 Å². The van der Waals surface area contributed by atoms with Gasteiger partial charge in [0.15, 0.2) is 0 Å². The molecule has 0 aliphatic carbocycles. The van der Waals surface area contributed by atoms with Crippen LogP contribution in [0.4, 0.5) is 5.69 Å². The lowest BCUT2D eigenvalue weighted by atomic mass is 10.1. The Labute approximate surface area is 161 Å². The Hall–Kier alpha value is -2.24. The molecule has 1 N–H and O–H groups in total. The summed E-state index contributed by atoms with van der Waals surface area (Å²) in [6, 6.07) is 11.3. The third-order valence-electron chi connectivity index (χ3n) is 4.34. The molecule has 0 radical (unpaired) electrons. The molecule has 1 atom stereocenters. The first-order valence-corrected chi connectivity index (χ1v) is 8.96. The van der Waals surface area contributed by atoms with E-state index < -0.39 is 6.04 Å². The molecule has 2 aromatic rings. The lowest BCUT2D eigenvalue weighted by molar-refractivity contribution is -0.119. The van der Waals surface area contributed by atoms with Crippen LogP contribution in [-0.2, 0) is 4.79 Å². The number of likely N-dealkylation sites (tertiary alicyclic amines) is 1. The number of amides is 2. The zero-order chi connectivity index (χ0) is 18.7. The van der Waals surface area contributed by atoms with Crippen molar-refractivity contribution in [3.63, 3.8) is 0 Å². The number of halogens is 2. The summed E-state index contributed by atoms with van der Waals surface area (Å²) < 4.78 is 5.25. The van der Waals surface area contributed by atoms with Gasteiger partial charge in [-0.15, -0.1) is 0 Å². The molecule has 1 saturated heterocycles. The molecule has 0 saturated carbocycles. The second-order valence-electron chi connectivity index (χ2n) is 5.97. The maximum Gasteiger partial charge on any atom is 0.256 e.